The van der Waals surface area contributed by atoms with E-state index in [4.69, 9.17) is 4.74 Å². The number of anilines is 2. The van der Waals surface area contributed by atoms with E-state index < -0.39 is 0 Å². The highest BCUT2D eigenvalue weighted by molar-refractivity contribution is 6.02. The van der Waals surface area contributed by atoms with Gasteiger partial charge in [-0.25, -0.2) is 0 Å². The van der Waals surface area contributed by atoms with Crippen LogP contribution in [0.4, 0.5) is 11.4 Å². The van der Waals surface area contributed by atoms with Crippen LogP contribution < -0.4 is 15.5 Å². The van der Waals surface area contributed by atoms with Gasteiger partial charge in [-0.05, 0) is 44.4 Å². The summed E-state index contributed by atoms with van der Waals surface area (Å²) < 4.78 is 5.29. The molecule has 1 heterocycles. The summed E-state index contributed by atoms with van der Waals surface area (Å²) in [6.45, 7) is 7.59. The number of nitrogens with zero attached hydrogens (tertiary/aromatic N) is 1. The van der Waals surface area contributed by atoms with Crippen molar-refractivity contribution in [1.29, 1.82) is 0 Å². The maximum atomic E-state index is 12.7. The third-order valence-corrected chi connectivity index (χ3v) is 4.25. The maximum Gasteiger partial charge on any atom is 0.253 e. The molecule has 2 amide bonds. The Kier molecular flexibility index (Phi) is 7.73. The molecule has 2 rings (SSSR count). The van der Waals surface area contributed by atoms with Crippen LogP contribution in [0.2, 0.25) is 0 Å². The van der Waals surface area contributed by atoms with Crippen LogP contribution in [0, 0.1) is 0 Å². The summed E-state index contributed by atoms with van der Waals surface area (Å²) in [5, 5.41) is 5.79. The fourth-order valence-corrected chi connectivity index (χ4v) is 2.89. The third-order valence-electron chi connectivity index (χ3n) is 4.25. The lowest BCUT2D eigenvalue weighted by Gasteiger charge is -2.22. The van der Waals surface area contributed by atoms with Crippen LogP contribution in [-0.2, 0) is 9.53 Å². The third kappa shape index (κ3) is 5.74. The van der Waals surface area contributed by atoms with Gasteiger partial charge in [0.05, 0.1) is 5.56 Å². The molecule has 1 fully saturated rings. The standard InChI is InChI=1S/C19H29N3O3/c1-3-18(23)21-15-8-9-17(22-11-5-6-12-22)16(14-15)19(24)20-10-7-13-25-4-2/h8-9,14H,3-7,10-13H2,1-2H3,(H,20,24)(H,21,23). The van der Waals surface area contributed by atoms with E-state index in [2.05, 4.69) is 15.5 Å². The lowest BCUT2D eigenvalue weighted by molar-refractivity contribution is -0.115. The second kappa shape index (κ2) is 10.0. The summed E-state index contributed by atoms with van der Waals surface area (Å²) in [6.07, 6.45) is 3.48. The van der Waals surface area contributed by atoms with Crippen LogP contribution >= 0.6 is 0 Å². The minimum Gasteiger partial charge on any atom is -0.382 e. The molecule has 6 nitrogen and oxygen atoms in total. The van der Waals surface area contributed by atoms with Crippen molar-refractivity contribution < 1.29 is 14.3 Å². The molecule has 1 aromatic carbocycles. The van der Waals surface area contributed by atoms with Gasteiger partial charge < -0.3 is 20.3 Å². The van der Waals surface area contributed by atoms with E-state index in [0.717, 1.165) is 38.0 Å². The fourth-order valence-electron chi connectivity index (χ4n) is 2.89. The Hall–Kier alpha value is -2.08. The van der Waals surface area contributed by atoms with Crippen molar-refractivity contribution in [3.05, 3.63) is 23.8 Å². The van der Waals surface area contributed by atoms with E-state index in [1.807, 2.05) is 19.1 Å². The van der Waals surface area contributed by atoms with Crippen molar-refractivity contribution in [2.75, 3.05) is 43.1 Å². The molecule has 1 aromatic rings. The molecule has 0 radical (unpaired) electrons. The van der Waals surface area contributed by atoms with Crippen LogP contribution in [0.5, 0.6) is 0 Å². The number of hydrogen-bond acceptors (Lipinski definition) is 4. The highest BCUT2D eigenvalue weighted by Gasteiger charge is 2.20. The summed E-state index contributed by atoms with van der Waals surface area (Å²) in [5.41, 5.74) is 2.22. The van der Waals surface area contributed by atoms with Gasteiger partial charge in [0, 0.05) is 50.6 Å². The zero-order valence-electron chi connectivity index (χ0n) is 15.3. The average molecular weight is 347 g/mol. The number of amides is 2. The number of carbonyl (C=O) groups is 2. The zero-order chi connectivity index (χ0) is 18.1. The molecule has 0 bridgehead atoms. The number of rotatable bonds is 9. The minimum absolute atomic E-state index is 0.0583. The van der Waals surface area contributed by atoms with Crippen LogP contribution in [-0.4, -0.2) is 44.7 Å². The van der Waals surface area contributed by atoms with Crippen molar-refractivity contribution in [2.24, 2.45) is 0 Å². The SMILES string of the molecule is CCOCCCNC(=O)c1cc(NC(=O)CC)ccc1N1CCCC1. The molecule has 138 valence electrons. The van der Waals surface area contributed by atoms with Crippen LogP contribution in [0.25, 0.3) is 0 Å². The smallest absolute Gasteiger partial charge is 0.253 e. The lowest BCUT2D eigenvalue weighted by atomic mass is 10.1. The van der Waals surface area contributed by atoms with Crippen LogP contribution in [0.15, 0.2) is 18.2 Å². The topological polar surface area (TPSA) is 70.7 Å². The number of benzene rings is 1. The van der Waals surface area contributed by atoms with E-state index >= 15 is 0 Å². The first-order valence-electron chi connectivity index (χ1n) is 9.20. The molecule has 6 heteroatoms. The van der Waals surface area contributed by atoms with Gasteiger partial charge in [0.15, 0.2) is 0 Å². The first-order valence-corrected chi connectivity index (χ1v) is 9.20. The summed E-state index contributed by atoms with van der Waals surface area (Å²) in [5.74, 6) is -0.164. The summed E-state index contributed by atoms with van der Waals surface area (Å²) in [7, 11) is 0. The molecule has 25 heavy (non-hydrogen) atoms. The first kappa shape index (κ1) is 19.2. The van der Waals surface area contributed by atoms with Gasteiger partial charge in [-0.3, -0.25) is 9.59 Å². The molecular formula is C19H29N3O3. The molecule has 0 aromatic heterocycles. The Morgan fingerprint density at radius 2 is 1.96 bits per heavy atom. The molecule has 0 atom stereocenters. The van der Waals surface area contributed by atoms with Crippen LogP contribution in [0.1, 0.15) is 49.9 Å². The second-order valence-electron chi connectivity index (χ2n) is 6.13. The fraction of sp³-hybridized carbons (Fsp3) is 0.579. The van der Waals surface area contributed by atoms with E-state index in [1.165, 1.54) is 0 Å². The quantitative estimate of drug-likeness (QED) is 0.674. The molecule has 0 spiro atoms. The van der Waals surface area contributed by atoms with E-state index in [-0.39, 0.29) is 11.8 Å². The van der Waals surface area contributed by atoms with E-state index in [1.54, 1.807) is 13.0 Å². The van der Waals surface area contributed by atoms with Gasteiger partial charge >= 0.3 is 0 Å². The van der Waals surface area contributed by atoms with Gasteiger partial charge in [-0.15, -0.1) is 0 Å². The van der Waals surface area contributed by atoms with E-state index in [9.17, 15) is 9.59 Å². The Labute approximate surface area is 149 Å². The Balaban J connectivity index is 2.10. The van der Waals surface area contributed by atoms with Gasteiger partial charge in [0.2, 0.25) is 5.91 Å². The molecule has 1 aliphatic heterocycles. The molecule has 1 saturated heterocycles. The number of hydrogen-bond donors (Lipinski definition) is 2. The molecule has 0 unspecified atom stereocenters. The maximum absolute atomic E-state index is 12.7. The Morgan fingerprint density at radius 3 is 2.64 bits per heavy atom. The Bertz CT molecular complexity index is 583. The van der Waals surface area contributed by atoms with Crippen molar-refractivity contribution >= 4 is 23.2 Å². The molecule has 2 N–H and O–H groups in total. The number of carbonyl (C=O) groups excluding carboxylic acids is 2. The normalized spacial score (nSPS) is 13.8. The largest absolute Gasteiger partial charge is 0.382 e. The summed E-state index contributed by atoms with van der Waals surface area (Å²) in [4.78, 5) is 26.5. The second-order valence-corrected chi connectivity index (χ2v) is 6.13. The lowest BCUT2D eigenvalue weighted by Crippen LogP contribution is -2.29. The highest BCUT2D eigenvalue weighted by Crippen LogP contribution is 2.27. The minimum atomic E-state index is -0.106. The average Bonchev–Trinajstić information content (AvgIpc) is 3.15. The Morgan fingerprint density at radius 1 is 1.20 bits per heavy atom. The predicted octanol–water partition coefficient (Wildman–Crippen LogP) is 2.79. The molecular weight excluding hydrogens is 318 g/mol. The van der Waals surface area contributed by atoms with Crippen LogP contribution in [0.3, 0.4) is 0 Å². The summed E-state index contributed by atoms with van der Waals surface area (Å²) >= 11 is 0. The highest BCUT2D eigenvalue weighted by atomic mass is 16.5. The van der Waals surface area contributed by atoms with E-state index in [0.29, 0.717) is 37.4 Å². The van der Waals surface area contributed by atoms with Gasteiger partial charge in [0.25, 0.3) is 5.91 Å². The van der Waals surface area contributed by atoms with Crippen molar-refractivity contribution in [1.82, 2.24) is 5.32 Å². The molecule has 0 saturated carbocycles. The van der Waals surface area contributed by atoms with Gasteiger partial charge in [-0.1, -0.05) is 6.92 Å². The molecule has 1 aliphatic rings. The first-order chi connectivity index (χ1) is 12.2. The van der Waals surface area contributed by atoms with Crippen molar-refractivity contribution in [3.63, 3.8) is 0 Å². The molecule has 0 aliphatic carbocycles. The number of ether oxygens (including phenoxy) is 1. The number of nitrogens with one attached hydrogen (secondary N) is 2. The van der Waals surface area contributed by atoms with Gasteiger partial charge in [0.1, 0.15) is 0 Å². The van der Waals surface area contributed by atoms with Crippen molar-refractivity contribution in [2.45, 2.75) is 39.5 Å². The zero-order valence-corrected chi connectivity index (χ0v) is 15.3. The monoisotopic (exact) mass is 347 g/mol. The summed E-state index contributed by atoms with van der Waals surface area (Å²) in [6, 6.07) is 5.58. The van der Waals surface area contributed by atoms with Gasteiger partial charge in [-0.2, -0.15) is 0 Å². The van der Waals surface area contributed by atoms with Crippen molar-refractivity contribution in [3.8, 4) is 0 Å². The predicted molar refractivity (Wildman–Crippen MR) is 100 cm³/mol.